The molecular formula is C11H14BrF2NO. The van der Waals surface area contributed by atoms with E-state index in [0.717, 1.165) is 10.0 Å². The van der Waals surface area contributed by atoms with Crippen LogP contribution in [0.2, 0.25) is 0 Å². The summed E-state index contributed by atoms with van der Waals surface area (Å²) in [5, 5.41) is 9.77. The second-order valence-corrected chi connectivity index (χ2v) is 4.73. The third kappa shape index (κ3) is 3.72. The fourth-order valence-corrected chi connectivity index (χ4v) is 2.14. The highest BCUT2D eigenvalue weighted by atomic mass is 79.9. The maximum absolute atomic E-state index is 12.1. The standard InChI is InChI=1S/C11H14BrF2NO/c1-7-3-9(12)4-8(11(7)16)5-15(2)6-10(13)14/h3-4,10,16H,5-6H2,1-2H3. The molecule has 0 unspecified atom stereocenters. The van der Waals surface area contributed by atoms with Crippen molar-refractivity contribution in [1.29, 1.82) is 0 Å². The summed E-state index contributed by atoms with van der Waals surface area (Å²) in [6.07, 6.45) is -2.36. The van der Waals surface area contributed by atoms with Crippen LogP contribution in [-0.2, 0) is 6.54 Å². The molecule has 0 spiro atoms. The molecule has 0 amide bonds. The van der Waals surface area contributed by atoms with Crippen molar-refractivity contribution in [2.45, 2.75) is 19.9 Å². The third-order valence-electron chi connectivity index (χ3n) is 2.23. The lowest BCUT2D eigenvalue weighted by Gasteiger charge is -2.17. The summed E-state index contributed by atoms with van der Waals surface area (Å²) in [6, 6.07) is 3.52. The Morgan fingerprint density at radius 2 is 2.06 bits per heavy atom. The van der Waals surface area contributed by atoms with Crippen LogP contribution in [0, 0.1) is 6.92 Å². The van der Waals surface area contributed by atoms with Gasteiger partial charge in [-0.05, 0) is 31.7 Å². The highest BCUT2D eigenvalue weighted by Crippen LogP contribution is 2.27. The minimum Gasteiger partial charge on any atom is -0.507 e. The fraction of sp³-hybridized carbons (Fsp3) is 0.455. The summed E-state index contributed by atoms with van der Waals surface area (Å²) < 4.78 is 25.1. The molecule has 0 saturated carbocycles. The maximum atomic E-state index is 12.1. The number of benzene rings is 1. The van der Waals surface area contributed by atoms with Gasteiger partial charge in [0, 0.05) is 16.6 Å². The molecule has 0 aromatic heterocycles. The van der Waals surface area contributed by atoms with Crippen molar-refractivity contribution in [3.8, 4) is 5.75 Å². The number of rotatable bonds is 4. The number of halogens is 3. The van der Waals surface area contributed by atoms with E-state index in [4.69, 9.17) is 0 Å². The maximum Gasteiger partial charge on any atom is 0.251 e. The lowest BCUT2D eigenvalue weighted by molar-refractivity contribution is 0.0972. The van der Waals surface area contributed by atoms with E-state index in [0.29, 0.717) is 12.1 Å². The van der Waals surface area contributed by atoms with Gasteiger partial charge in [0.15, 0.2) is 0 Å². The number of phenolic OH excluding ortho intramolecular Hbond substituents is 1. The molecule has 5 heteroatoms. The molecule has 1 rings (SSSR count). The normalized spacial score (nSPS) is 11.4. The summed E-state index contributed by atoms with van der Waals surface area (Å²) in [5.41, 5.74) is 1.38. The molecule has 0 fully saturated rings. The quantitative estimate of drug-likeness (QED) is 0.922. The first-order chi connectivity index (χ1) is 7.40. The van der Waals surface area contributed by atoms with Gasteiger partial charge in [0.25, 0.3) is 6.43 Å². The molecule has 0 aliphatic carbocycles. The number of phenols is 1. The minimum atomic E-state index is -2.36. The number of aryl methyl sites for hydroxylation is 1. The van der Waals surface area contributed by atoms with Crippen LogP contribution in [0.1, 0.15) is 11.1 Å². The van der Waals surface area contributed by atoms with Gasteiger partial charge in [0.1, 0.15) is 5.75 Å². The molecule has 0 radical (unpaired) electrons. The molecule has 1 aromatic rings. The molecule has 1 N–H and O–H groups in total. The predicted molar refractivity (Wildman–Crippen MR) is 62.9 cm³/mol. The van der Waals surface area contributed by atoms with Crippen LogP contribution >= 0.6 is 15.9 Å². The highest BCUT2D eigenvalue weighted by molar-refractivity contribution is 9.10. The van der Waals surface area contributed by atoms with E-state index in [1.807, 2.05) is 0 Å². The van der Waals surface area contributed by atoms with Crippen LogP contribution in [0.3, 0.4) is 0 Å². The first-order valence-electron chi connectivity index (χ1n) is 4.85. The SMILES string of the molecule is Cc1cc(Br)cc(CN(C)CC(F)F)c1O. The highest BCUT2D eigenvalue weighted by Gasteiger charge is 2.12. The van der Waals surface area contributed by atoms with Gasteiger partial charge in [-0.25, -0.2) is 8.78 Å². The molecule has 0 aliphatic heterocycles. The Hall–Kier alpha value is -0.680. The van der Waals surface area contributed by atoms with Crippen LogP contribution in [-0.4, -0.2) is 30.0 Å². The first-order valence-corrected chi connectivity index (χ1v) is 5.64. The second kappa shape index (κ2) is 5.59. The second-order valence-electron chi connectivity index (χ2n) is 3.82. The zero-order valence-electron chi connectivity index (χ0n) is 9.17. The Morgan fingerprint density at radius 1 is 1.44 bits per heavy atom. The predicted octanol–water partition coefficient (Wildman–Crippen LogP) is 3.16. The third-order valence-corrected chi connectivity index (χ3v) is 2.69. The van der Waals surface area contributed by atoms with E-state index >= 15 is 0 Å². The Balaban J connectivity index is 2.80. The zero-order valence-corrected chi connectivity index (χ0v) is 10.8. The van der Waals surface area contributed by atoms with Crippen molar-refractivity contribution in [3.63, 3.8) is 0 Å². The Kier molecular flexibility index (Phi) is 4.68. The smallest absolute Gasteiger partial charge is 0.251 e. The number of aromatic hydroxyl groups is 1. The van der Waals surface area contributed by atoms with Gasteiger partial charge >= 0.3 is 0 Å². The van der Waals surface area contributed by atoms with E-state index in [9.17, 15) is 13.9 Å². The molecule has 16 heavy (non-hydrogen) atoms. The number of hydrogen-bond donors (Lipinski definition) is 1. The van der Waals surface area contributed by atoms with Gasteiger partial charge in [-0.1, -0.05) is 15.9 Å². The van der Waals surface area contributed by atoms with Crippen molar-refractivity contribution in [2.24, 2.45) is 0 Å². The van der Waals surface area contributed by atoms with Crippen LogP contribution in [0.5, 0.6) is 5.75 Å². The van der Waals surface area contributed by atoms with Crippen molar-refractivity contribution in [2.75, 3.05) is 13.6 Å². The molecule has 0 atom stereocenters. The topological polar surface area (TPSA) is 23.5 Å². The molecule has 0 bridgehead atoms. The van der Waals surface area contributed by atoms with Gasteiger partial charge in [0.05, 0.1) is 6.54 Å². The number of alkyl halides is 2. The lowest BCUT2D eigenvalue weighted by atomic mass is 10.1. The van der Waals surface area contributed by atoms with Crippen molar-refractivity contribution < 1.29 is 13.9 Å². The van der Waals surface area contributed by atoms with E-state index in [2.05, 4.69) is 15.9 Å². The summed E-state index contributed by atoms with van der Waals surface area (Å²) in [6.45, 7) is 1.78. The molecule has 0 saturated heterocycles. The minimum absolute atomic E-state index is 0.171. The summed E-state index contributed by atoms with van der Waals surface area (Å²) in [7, 11) is 1.60. The lowest BCUT2D eigenvalue weighted by Crippen LogP contribution is -2.24. The summed E-state index contributed by atoms with van der Waals surface area (Å²) in [5.74, 6) is 0.171. The molecule has 1 aromatic carbocycles. The first kappa shape index (κ1) is 13.4. The zero-order chi connectivity index (χ0) is 12.3. The van der Waals surface area contributed by atoms with Crippen LogP contribution in [0.25, 0.3) is 0 Å². The Morgan fingerprint density at radius 3 is 2.62 bits per heavy atom. The monoisotopic (exact) mass is 293 g/mol. The molecule has 90 valence electrons. The molecule has 0 heterocycles. The molecule has 0 aliphatic rings. The van der Waals surface area contributed by atoms with Crippen molar-refractivity contribution in [1.82, 2.24) is 4.90 Å². The van der Waals surface area contributed by atoms with E-state index in [-0.39, 0.29) is 12.3 Å². The van der Waals surface area contributed by atoms with Crippen LogP contribution in [0.15, 0.2) is 16.6 Å². The number of nitrogens with zero attached hydrogens (tertiary/aromatic N) is 1. The fourth-order valence-electron chi connectivity index (χ4n) is 1.52. The van der Waals surface area contributed by atoms with Crippen LogP contribution in [0.4, 0.5) is 8.78 Å². The Bertz CT molecular complexity index is 371. The van der Waals surface area contributed by atoms with E-state index < -0.39 is 6.43 Å². The van der Waals surface area contributed by atoms with Gasteiger partial charge in [-0.3, -0.25) is 4.90 Å². The summed E-state index contributed by atoms with van der Waals surface area (Å²) >= 11 is 3.31. The van der Waals surface area contributed by atoms with E-state index in [1.165, 1.54) is 4.90 Å². The largest absolute Gasteiger partial charge is 0.507 e. The Labute approximate surface area is 102 Å². The van der Waals surface area contributed by atoms with Gasteiger partial charge in [0.2, 0.25) is 0 Å². The average Bonchev–Trinajstić information content (AvgIpc) is 2.11. The molecular weight excluding hydrogens is 280 g/mol. The van der Waals surface area contributed by atoms with Crippen LogP contribution < -0.4 is 0 Å². The van der Waals surface area contributed by atoms with E-state index in [1.54, 1.807) is 26.1 Å². The average molecular weight is 294 g/mol. The molecule has 2 nitrogen and oxygen atoms in total. The van der Waals surface area contributed by atoms with Gasteiger partial charge in [-0.15, -0.1) is 0 Å². The van der Waals surface area contributed by atoms with Crippen molar-refractivity contribution >= 4 is 15.9 Å². The van der Waals surface area contributed by atoms with Gasteiger partial charge < -0.3 is 5.11 Å². The van der Waals surface area contributed by atoms with Crippen molar-refractivity contribution in [3.05, 3.63) is 27.7 Å². The summed E-state index contributed by atoms with van der Waals surface area (Å²) in [4.78, 5) is 1.48. The number of hydrogen-bond acceptors (Lipinski definition) is 2. The van der Waals surface area contributed by atoms with Gasteiger partial charge in [-0.2, -0.15) is 0 Å².